The fourth-order valence-electron chi connectivity index (χ4n) is 1.62. The maximum absolute atomic E-state index is 12.8. The van der Waals surface area contributed by atoms with Crippen molar-refractivity contribution in [2.24, 2.45) is 0 Å². The van der Waals surface area contributed by atoms with Crippen LogP contribution in [0.2, 0.25) is 0 Å². The molecule has 0 amide bonds. The molecule has 0 saturated heterocycles. The summed E-state index contributed by atoms with van der Waals surface area (Å²) in [4.78, 5) is 8.61. The summed E-state index contributed by atoms with van der Waals surface area (Å²) >= 11 is 0. The molecule has 18 heavy (non-hydrogen) atoms. The van der Waals surface area contributed by atoms with Gasteiger partial charge in [0.15, 0.2) is 0 Å². The Morgan fingerprint density at radius 3 is 2.33 bits per heavy atom. The van der Waals surface area contributed by atoms with Crippen molar-refractivity contribution in [1.29, 1.82) is 0 Å². The van der Waals surface area contributed by atoms with E-state index in [0.717, 1.165) is 30.0 Å². The minimum atomic E-state index is -0.222. The van der Waals surface area contributed by atoms with E-state index in [1.165, 1.54) is 12.1 Å². The van der Waals surface area contributed by atoms with E-state index >= 15 is 0 Å². The van der Waals surface area contributed by atoms with Crippen molar-refractivity contribution in [1.82, 2.24) is 15.3 Å². The molecule has 2 rings (SSSR count). The molecular formula is C14H16FN3. The van der Waals surface area contributed by atoms with E-state index in [2.05, 4.69) is 22.2 Å². The predicted octanol–water partition coefficient (Wildman–Crippen LogP) is 2.32. The van der Waals surface area contributed by atoms with Gasteiger partial charge in [-0.25, -0.2) is 14.4 Å². The Kier molecular flexibility index (Phi) is 4.36. The maximum atomic E-state index is 12.8. The normalized spacial score (nSPS) is 10.6. The minimum absolute atomic E-state index is 0.222. The molecule has 94 valence electrons. The van der Waals surface area contributed by atoms with Crippen LogP contribution in [0.4, 0.5) is 4.39 Å². The molecule has 3 nitrogen and oxygen atoms in total. The Balaban J connectivity index is 1.99. The molecule has 1 heterocycles. The smallest absolute Gasteiger partial charge is 0.132 e. The van der Waals surface area contributed by atoms with Gasteiger partial charge in [0, 0.05) is 30.9 Å². The summed E-state index contributed by atoms with van der Waals surface area (Å²) in [5, 5.41) is 3.22. The van der Waals surface area contributed by atoms with Gasteiger partial charge in [0.05, 0.1) is 0 Å². The van der Waals surface area contributed by atoms with Crippen molar-refractivity contribution in [3.63, 3.8) is 0 Å². The fraction of sp³-hybridized carbons (Fsp3) is 0.286. The van der Waals surface area contributed by atoms with Crippen molar-refractivity contribution in [3.8, 4) is 0 Å². The first kappa shape index (κ1) is 12.6. The lowest BCUT2D eigenvalue weighted by atomic mass is 10.1. The molecule has 1 aromatic heterocycles. The lowest BCUT2D eigenvalue weighted by molar-refractivity contribution is 0.627. The van der Waals surface area contributed by atoms with Crippen LogP contribution < -0.4 is 5.32 Å². The molecule has 2 aromatic rings. The summed E-state index contributed by atoms with van der Waals surface area (Å²) in [6.07, 6.45) is 4.28. The highest BCUT2D eigenvalue weighted by atomic mass is 19.1. The summed E-state index contributed by atoms with van der Waals surface area (Å²) in [7, 11) is 0. The van der Waals surface area contributed by atoms with Gasteiger partial charge in [-0.1, -0.05) is 19.1 Å². The Morgan fingerprint density at radius 2 is 1.72 bits per heavy atom. The number of aromatic nitrogens is 2. The number of hydrogen-bond acceptors (Lipinski definition) is 3. The molecule has 0 aliphatic rings. The second-order valence-electron chi connectivity index (χ2n) is 4.09. The van der Waals surface area contributed by atoms with Crippen molar-refractivity contribution in [2.75, 3.05) is 6.54 Å². The van der Waals surface area contributed by atoms with Gasteiger partial charge in [-0.15, -0.1) is 0 Å². The number of halogens is 1. The van der Waals surface area contributed by atoms with Crippen LogP contribution in [0.5, 0.6) is 0 Å². The molecule has 0 bridgehead atoms. The van der Waals surface area contributed by atoms with Crippen LogP contribution in [-0.2, 0) is 13.0 Å². The predicted molar refractivity (Wildman–Crippen MR) is 68.6 cm³/mol. The lowest BCUT2D eigenvalue weighted by Gasteiger charge is -2.03. The molecule has 0 aliphatic heterocycles. The van der Waals surface area contributed by atoms with Gasteiger partial charge >= 0.3 is 0 Å². The molecular weight excluding hydrogens is 229 g/mol. The second kappa shape index (κ2) is 6.21. The van der Waals surface area contributed by atoms with Gasteiger partial charge < -0.3 is 5.32 Å². The van der Waals surface area contributed by atoms with Crippen LogP contribution in [-0.4, -0.2) is 16.5 Å². The van der Waals surface area contributed by atoms with Gasteiger partial charge in [-0.2, -0.15) is 0 Å². The topological polar surface area (TPSA) is 37.8 Å². The zero-order chi connectivity index (χ0) is 12.8. The zero-order valence-corrected chi connectivity index (χ0v) is 10.4. The fourth-order valence-corrected chi connectivity index (χ4v) is 1.62. The zero-order valence-electron chi connectivity index (χ0n) is 10.4. The second-order valence-corrected chi connectivity index (χ2v) is 4.09. The van der Waals surface area contributed by atoms with Crippen LogP contribution in [0.3, 0.4) is 0 Å². The van der Waals surface area contributed by atoms with E-state index in [-0.39, 0.29) is 5.82 Å². The summed E-state index contributed by atoms with van der Waals surface area (Å²) in [5.74, 6) is 0.530. The molecule has 0 unspecified atom stereocenters. The third-order valence-corrected chi connectivity index (χ3v) is 2.61. The summed E-state index contributed by atoms with van der Waals surface area (Å²) in [6.45, 7) is 3.77. The first-order chi connectivity index (χ1) is 8.78. The van der Waals surface area contributed by atoms with Gasteiger partial charge in [0.25, 0.3) is 0 Å². The summed E-state index contributed by atoms with van der Waals surface area (Å²) in [5.41, 5.74) is 2.08. The first-order valence-electron chi connectivity index (χ1n) is 6.03. The van der Waals surface area contributed by atoms with Crippen LogP contribution in [0.15, 0.2) is 36.7 Å². The Bertz CT molecular complexity index is 479. The van der Waals surface area contributed by atoms with Crippen LogP contribution in [0.25, 0.3) is 0 Å². The molecule has 0 fully saturated rings. The number of nitrogens with zero attached hydrogens (tertiary/aromatic N) is 2. The highest BCUT2D eigenvalue weighted by Crippen LogP contribution is 2.07. The number of rotatable bonds is 5. The molecule has 0 atom stereocenters. The minimum Gasteiger partial charge on any atom is -0.313 e. The summed E-state index contributed by atoms with van der Waals surface area (Å²) in [6, 6.07) is 6.42. The average Bonchev–Trinajstić information content (AvgIpc) is 2.41. The summed E-state index contributed by atoms with van der Waals surface area (Å²) < 4.78 is 12.8. The largest absolute Gasteiger partial charge is 0.313 e. The molecule has 0 radical (unpaired) electrons. The quantitative estimate of drug-likeness (QED) is 0.878. The van der Waals surface area contributed by atoms with Crippen molar-refractivity contribution in [3.05, 3.63) is 59.4 Å². The molecule has 0 aliphatic carbocycles. The Labute approximate surface area is 106 Å². The highest BCUT2D eigenvalue weighted by molar-refractivity contribution is 5.20. The van der Waals surface area contributed by atoms with E-state index in [4.69, 9.17) is 0 Å². The highest BCUT2D eigenvalue weighted by Gasteiger charge is 2.00. The van der Waals surface area contributed by atoms with E-state index < -0.39 is 0 Å². The number of benzene rings is 1. The van der Waals surface area contributed by atoms with Gasteiger partial charge in [0.2, 0.25) is 0 Å². The van der Waals surface area contributed by atoms with Crippen molar-refractivity contribution >= 4 is 0 Å². The monoisotopic (exact) mass is 245 g/mol. The SMILES string of the molecule is CCNCc1cnc(Cc2ccc(F)cc2)nc1. The molecule has 1 aromatic carbocycles. The average molecular weight is 245 g/mol. The standard InChI is InChI=1S/C14H16FN3/c1-2-16-8-12-9-17-14(18-10-12)7-11-3-5-13(15)6-4-11/h3-6,9-10,16H,2,7-8H2,1H3. The lowest BCUT2D eigenvalue weighted by Crippen LogP contribution is -2.12. The van der Waals surface area contributed by atoms with Gasteiger partial charge in [-0.05, 0) is 24.2 Å². The van der Waals surface area contributed by atoms with E-state index in [1.54, 1.807) is 12.1 Å². The maximum Gasteiger partial charge on any atom is 0.132 e. The Morgan fingerprint density at radius 1 is 1.06 bits per heavy atom. The molecule has 0 spiro atoms. The van der Waals surface area contributed by atoms with Crippen LogP contribution in [0, 0.1) is 5.82 Å². The van der Waals surface area contributed by atoms with Crippen LogP contribution >= 0.6 is 0 Å². The van der Waals surface area contributed by atoms with Gasteiger partial charge in [-0.3, -0.25) is 0 Å². The number of hydrogen-bond donors (Lipinski definition) is 1. The van der Waals surface area contributed by atoms with E-state index in [0.29, 0.717) is 6.42 Å². The molecule has 0 saturated carbocycles. The number of nitrogens with one attached hydrogen (secondary N) is 1. The Hall–Kier alpha value is -1.81. The molecule has 4 heteroatoms. The van der Waals surface area contributed by atoms with Crippen molar-refractivity contribution in [2.45, 2.75) is 19.9 Å². The third-order valence-electron chi connectivity index (χ3n) is 2.61. The third kappa shape index (κ3) is 3.60. The van der Waals surface area contributed by atoms with Crippen molar-refractivity contribution < 1.29 is 4.39 Å². The first-order valence-corrected chi connectivity index (χ1v) is 6.03. The van der Waals surface area contributed by atoms with E-state index in [1.807, 2.05) is 12.4 Å². The van der Waals surface area contributed by atoms with Gasteiger partial charge in [0.1, 0.15) is 11.6 Å². The van der Waals surface area contributed by atoms with E-state index in [9.17, 15) is 4.39 Å². The van der Waals surface area contributed by atoms with Crippen LogP contribution in [0.1, 0.15) is 23.9 Å². The molecule has 1 N–H and O–H groups in total.